The number of hydrogen-bond donors (Lipinski definition) is 1. The number of nitro groups is 1. The fourth-order valence-electron chi connectivity index (χ4n) is 1.58. The topological polar surface area (TPSA) is 90.7 Å². The van der Waals surface area contributed by atoms with E-state index in [1.807, 2.05) is 0 Å². The molecule has 128 valence electrons. The molecule has 7 nitrogen and oxygen atoms in total. The highest BCUT2D eigenvalue weighted by atomic mass is 35.5. The molecule has 0 spiro atoms. The molecule has 0 amide bonds. The summed E-state index contributed by atoms with van der Waals surface area (Å²) in [5.41, 5.74) is 0.525. The first-order chi connectivity index (χ1) is 10.6. The largest absolute Gasteiger partial charge is 0.374 e. The van der Waals surface area contributed by atoms with E-state index < -0.39 is 12.5 Å². The normalized spacial score (nSPS) is 12.7. The van der Waals surface area contributed by atoms with Crippen molar-refractivity contribution < 1.29 is 18.5 Å². The average molecular weight is 363 g/mol. The van der Waals surface area contributed by atoms with Gasteiger partial charge in [0.25, 0.3) is 5.69 Å². The van der Waals surface area contributed by atoms with Crippen LogP contribution in [0.15, 0.2) is 35.2 Å². The third-order valence-corrected chi connectivity index (χ3v) is 5.18. The van der Waals surface area contributed by atoms with Crippen LogP contribution in [0.2, 0.25) is 0 Å². The van der Waals surface area contributed by atoms with Gasteiger partial charge in [0.2, 0.25) is 0 Å². The molecule has 0 aliphatic carbocycles. The Morgan fingerprint density at radius 2 is 1.70 bits per heavy atom. The Morgan fingerprint density at radius 3 is 2.09 bits per heavy atom. The van der Waals surface area contributed by atoms with E-state index >= 15 is 0 Å². The van der Waals surface area contributed by atoms with Crippen molar-refractivity contribution in [3.8, 4) is 0 Å². The number of benzene rings is 1. The van der Waals surface area contributed by atoms with Gasteiger partial charge in [-0.05, 0) is 39.8 Å². The van der Waals surface area contributed by atoms with Gasteiger partial charge in [0.05, 0.1) is 17.1 Å². The number of nitrogens with one attached hydrogen (secondary N) is 1. The van der Waals surface area contributed by atoms with Crippen molar-refractivity contribution in [1.29, 1.82) is 0 Å². The van der Waals surface area contributed by atoms with Crippen molar-refractivity contribution in [1.82, 2.24) is 0 Å². The Balaban J connectivity index is 2.90. The van der Waals surface area contributed by atoms with Crippen LogP contribution >= 0.6 is 19.2 Å². The van der Waals surface area contributed by atoms with Crippen LogP contribution in [0.5, 0.6) is 0 Å². The molecule has 0 saturated heterocycles. The smallest absolute Gasteiger partial charge is 0.360 e. The molecule has 9 heteroatoms. The number of non-ortho nitro benzene ring substituents is 1. The van der Waals surface area contributed by atoms with E-state index in [0.29, 0.717) is 5.69 Å². The quantitative estimate of drug-likeness (QED) is 0.393. The van der Waals surface area contributed by atoms with Gasteiger partial charge in [-0.3, -0.25) is 14.7 Å². The molecule has 23 heavy (non-hydrogen) atoms. The minimum absolute atomic E-state index is 0.0254. The number of halogens is 1. The number of rotatable bonds is 8. The third kappa shape index (κ3) is 6.31. The van der Waals surface area contributed by atoms with E-state index in [-0.39, 0.29) is 22.7 Å². The van der Waals surface area contributed by atoms with Crippen molar-refractivity contribution in [2.45, 2.75) is 39.9 Å². The Kier molecular flexibility index (Phi) is 7.22. The minimum Gasteiger partial charge on any atom is -0.360 e. The van der Waals surface area contributed by atoms with E-state index in [0.717, 1.165) is 0 Å². The molecule has 0 aliphatic rings. The molecule has 0 atom stereocenters. The first-order valence-corrected chi connectivity index (χ1v) is 8.90. The van der Waals surface area contributed by atoms with Crippen LogP contribution < -0.4 is 5.32 Å². The Hall–Kier alpha value is -1.40. The standard InChI is InChI=1S/C14H20ClN2O5P/c1-10(2)21-23(20,22-11(3)4)14(15)9-16-12-5-7-13(8-6-12)17(18)19/h5-11,16H,1-4H3/b14-9+. The maximum absolute atomic E-state index is 12.7. The van der Waals surface area contributed by atoms with Crippen LogP contribution in [0.3, 0.4) is 0 Å². The highest BCUT2D eigenvalue weighted by Crippen LogP contribution is 2.59. The van der Waals surface area contributed by atoms with Crippen molar-refractivity contribution >= 4 is 30.6 Å². The number of hydrogen-bond acceptors (Lipinski definition) is 6. The summed E-state index contributed by atoms with van der Waals surface area (Å²) in [6, 6.07) is 5.71. The predicted molar refractivity (Wildman–Crippen MR) is 90.7 cm³/mol. The summed E-state index contributed by atoms with van der Waals surface area (Å²) in [6.07, 6.45) is 0.635. The van der Waals surface area contributed by atoms with Crippen molar-refractivity contribution in [2.24, 2.45) is 0 Å². The van der Waals surface area contributed by atoms with E-state index in [1.54, 1.807) is 27.7 Å². The molecular weight excluding hydrogens is 343 g/mol. The van der Waals surface area contributed by atoms with Gasteiger partial charge in [-0.2, -0.15) is 0 Å². The van der Waals surface area contributed by atoms with Gasteiger partial charge in [-0.25, -0.2) is 0 Å². The molecule has 0 fully saturated rings. The molecule has 0 bridgehead atoms. The van der Waals surface area contributed by atoms with Gasteiger partial charge < -0.3 is 14.4 Å². The second kappa shape index (κ2) is 8.45. The predicted octanol–water partition coefficient (Wildman–Crippen LogP) is 5.09. The van der Waals surface area contributed by atoms with Gasteiger partial charge in [0.1, 0.15) is 4.77 Å². The zero-order valence-corrected chi connectivity index (χ0v) is 15.0. The van der Waals surface area contributed by atoms with Crippen LogP contribution in [0.25, 0.3) is 0 Å². The van der Waals surface area contributed by atoms with Crippen LogP contribution in [0, 0.1) is 10.1 Å². The fourth-order valence-corrected chi connectivity index (χ4v) is 3.46. The summed E-state index contributed by atoms with van der Waals surface area (Å²) >= 11 is 6.09. The zero-order valence-electron chi connectivity index (χ0n) is 13.4. The summed E-state index contributed by atoms with van der Waals surface area (Å²) in [5.74, 6) is 0. The lowest BCUT2D eigenvalue weighted by Gasteiger charge is -2.22. The molecule has 0 saturated carbocycles. The SMILES string of the molecule is CC(C)OP(=O)(OC(C)C)/C(Cl)=C/Nc1ccc([N+](=O)[O-])cc1. The lowest BCUT2D eigenvalue weighted by Crippen LogP contribution is -2.08. The summed E-state index contributed by atoms with van der Waals surface area (Å²) in [6.45, 7) is 6.91. The van der Waals surface area contributed by atoms with Crippen LogP contribution in [0.1, 0.15) is 27.7 Å². The second-order valence-electron chi connectivity index (χ2n) is 5.22. The molecule has 1 rings (SSSR count). The van der Waals surface area contributed by atoms with Crippen LogP contribution in [-0.2, 0) is 13.6 Å². The van der Waals surface area contributed by atoms with E-state index in [9.17, 15) is 14.7 Å². The van der Waals surface area contributed by atoms with Crippen molar-refractivity contribution in [3.05, 3.63) is 45.4 Å². The lowest BCUT2D eigenvalue weighted by atomic mass is 10.3. The Morgan fingerprint density at radius 1 is 1.22 bits per heavy atom. The lowest BCUT2D eigenvalue weighted by molar-refractivity contribution is -0.384. The van der Waals surface area contributed by atoms with Gasteiger partial charge in [0, 0.05) is 24.0 Å². The second-order valence-corrected chi connectivity index (χ2v) is 7.79. The summed E-state index contributed by atoms with van der Waals surface area (Å²) in [7, 11) is -3.63. The number of nitrogens with zero attached hydrogens (tertiary/aromatic N) is 1. The van der Waals surface area contributed by atoms with E-state index in [4.69, 9.17) is 20.6 Å². The van der Waals surface area contributed by atoms with Gasteiger partial charge in [-0.15, -0.1) is 0 Å². The highest BCUT2D eigenvalue weighted by molar-refractivity contribution is 7.61. The zero-order chi connectivity index (χ0) is 17.6. The molecule has 0 aliphatic heterocycles. The molecule has 0 aromatic heterocycles. The average Bonchev–Trinajstić information content (AvgIpc) is 2.43. The van der Waals surface area contributed by atoms with Gasteiger partial charge >= 0.3 is 7.60 Å². The van der Waals surface area contributed by atoms with Crippen LogP contribution in [0.4, 0.5) is 11.4 Å². The Bertz CT molecular complexity index is 602. The molecule has 1 N–H and O–H groups in total. The maximum atomic E-state index is 12.7. The highest BCUT2D eigenvalue weighted by Gasteiger charge is 2.32. The molecule has 1 aromatic rings. The van der Waals surface area contributed by atoms with Gasteiger partial charge in [0.15, 0.2) is 0 Å². The molecular formula is C14H20ClN2O5P. The van der Waals surface area contributed by atoms with E-state index in [2.05, 4.69) is 5.32 Å². The minimum atomic E-state index is -3.63. The van der Waals surface area contributed by atoms with Gasteiger partial charge in [-0.1, -0.05) is 11.6 Å². The first-order valence-electron chi connectivity index (χ1n) is 6.98. The molecule has 1 aromatic carbocycles. The summed E-state index contributed by atoms with van der Waals surface area (Å²) in [4.78, 5) is 10.1. The number of nitro benzene ring substituents is 1. The van der Waals surface area contributed by atoms with Crippen LogP contribution in [-0.4, -0.2) is 17.1 Å². The monoisotopic (exact) mass is 362 g/mol. The number of anilines is 1. The fraction of sp³-hybridized carbons (Fsp3) is 0.429. The molecule has 0 heterocycles. The summed E-state index contributed by atoms with van der Waals surface area (Å²) < 4.78 is 23.3. The van der Waals surface area contributed by atoms with Crippen molar-refractivity contribution in [3.63, 3.8) is 0 Å². The molecule has 0 unspecified atom stereocenters. The Labute approximate surface area is 140 Å². The van der Waals surface area contributed by atoms with Crippen molar-refractivity contribution in [2.75, 3.05) is 5.32 Å². The van der Waals surface area contributed by atoms with E-state index in [1.165, 1.54) is 30.5 Å². The third-order valence-electron chi connectivity index (χ3n) is 2.40. The molecule has 0 radical (unpaired) electrons. The first kappa shape index (κ1) is 19.6. The maximum Gasteiger partial charge on any atom is 0.374 e. The summed E-state index contributed by atoms with van der Waals surface area (Å²) in [5, 5.41) is 13.4.